The Bertz CT molecular complexity index is 481. The SMILES string of the molecule is CCC(C#N)N1CCN(Cc2ccc(C)c(C)c2)CC1. The van der Waals surface area contributed by atoms with E-state index in [2.05, 4.69) is 54.8 Å². The summed E-state index contributed by atoms with van der Waals surface area (Å²) in [5.41, 5.74) is 4.13. The molecule has 0 bridgehead atoms. The second kappa shape index (κ2) is 6.88. The largest absolute Gasteiger partial charge is 0.297 e. The van der Waals surface area contributed by atoms with Crippen LogP contribution in [0.5, 0.6) is 0 Å². The van der Waals surface area contributed by atoms with Gasteiger partial charge in [0.05, 0.1) is 12.1 Å². The number of aryl methyl sites for hydroxylation is 2. The fourth-order valence-electron chi connectivity index (χ4n) is 2.82. The first kappa shape index (κ1) is 15.0. The molecule has 0 spiro atoms. The molecule has 1 atom stereocenters. The molecular formula is C17H25N3. The van der Waals surface area contributed by atoms with Crippen LogP contribution in [0.4, 0.5) is 0 Å². The van der Waals surface area contributed by atoms with E-state index in [0.29, 0.717) is 0 Å². The van der Waals surface area contributed by atoms with Gasteiger partial charge in [-0.1, -0.05) is 25.1 Å². The Kier molecular flexibility index (Phi) is 5.17. The zero-order valence-corrected chi connectivity index (χ0v) is 12.9. The number of hydrogen-bond acceptors (Lipinski definition) is 3. The van der Waals surface area contributed by atoms with Gasteiger partial charge in [0.1, 0.15) is 0 Å². The summed E-state index contributed by atoms with van der Waals surface area (Å²) in [7, 11) is 0. The molecule has 1 aromatic carbocycles. The molecular weight excluding hydrogens is 246 g/mol. The van der Waals surface area contributed by atoms with Crippen molar-refractivity contribution in [1.29, 1.82) is 5.26 Å². The molecule has 0 aliphatic carbocycles. The fraction of sp³-hybridized carbons (Fsp3) is 0.588. The quantitative estimate of drug-likeness (QED) is 0.843. The summed E-state index contributed by atoms with van der Waals surface area (Å²) in [4.78, 5) is 4.81. The average Bonchev–Trinajstić information content (AvgIpc) is 2.46. The van der Waals surface area contributed by atoms with Crippen LogP contribution in [0.2, 0.25) is 0 Å². The van der Waals surface area contributed by atoms with Crippen molar-refractivity contribution < 1.29 is 0 Å². The van der Waals surface area contributed by atoms with Gasteiger partial charge in [0, 0.05) is 32.7 Å². The molecule has 3 nitrogen and oxygen atoms in total. The van der Waals surface area contributed by atoms with Crippen molar-refractivity contribution in [3.63, 3.8) is 0 Å². The summed E-state index contributed by atoms with van der Waals surface area (Å²) < 4.78 is 0. The van der Waals surface area contributed by atoms with Crippen molar-refractivity contribution >= 4 is 0 Å². The van der Waals surface area contributed by atoms with Gasteiger partial charge in [0.25, 0.3) is 0 Å². The maximum Gasteiger partial charge on any atom is 0.0976 e. The Hall–Kier alpha value is -1.37. The predicted molar refractivity (Wildman–Crippen MR) is 82.5 cm³/mol. The normalized spacial score (nSPS) is 18.7. The number of piperazine rings is 1. The lowest BCUT2D eigenvalue weighted by Gasteiger charge is -2.36. The van der Waals surface area contributed by atoms with Crippen LogP contribution in [0.1, 0.15) is 30.0 Å². The van der Waals surface area contributed by atoms with E-state index < -0.39 is 0 Å². The van der Waals surface area contributed by atoms with Crippen LogP contribution >= 0.6 is 0 Å². The number of rotatable bonds is 4. The maximum absolute atomic E-state index is 9.13. The van der Waals surface area contributed by atoms with Crippen molar-refractivity contribution in [2.45, 2.75) is 39.8 Å². The second-order valence-electron chi connectivity index (χ2n) is 5.78. The van der Waals surface area contributed by atoms with Gasteiger partial charge in [-0.2, -0.15) is 5.26 Å². The van der Waals surface area contributed by atoms with E-state index in [1.165, 1.54) is 16.7 Å². The van der Waals surface area contributed by atoms with Crippen LogP contribution in [-0.4, -0.2) is 42.0 Å². The Morgan fingerprint density at radius 2 is 1.85 bits per heavy atom. The van der Waals surface area contributed by atoms with E-state index in [1.54, 1.807) is 0 Å². The number of benzene rings is 1. The Morgan fingerprint density at radius 1 is 1.15 bits per heavy atom. The van der Waals surface area contributed by atoms with E-state index in [9.17, 15) is 0 Å². The van der Waals surface area contributed by atoms with Gasteiger partial charge in [-0.05, 0) is 37.0 Å². The molecule has 20 heavy (non-hydrogen) atoms. The standard InChI is InChI=1S/C17H25N3/c1-4-17(12-18)20-9-7-19(8-10-20)13-16-6-5-14(2)15(3)11-16/h5-6,11,17H,4,7-10,13H2,1-3H3. The average molecular weight is 271 g/mol. The highest BCUT2D eigenvalue weighted by molar-refractivity contribution is 5.29. The van der Waals surface area contributed by atoms with Gasteiger partial charge >= 0.3 is 0 Å². The highest BCUT2D eigenvalue weighted by Crippen LogP contribution is 2.14. The van der Waals surface area contributed by atoms with Gasteiger partial charge < -0.3 is 0 Å². The third-order valence-corrected chi connectivity index (χ3v) is 4.36. The lowest BCUT2D eigenvalue weighted by Crippen LogP contribution is -2.49. The monoisotopic (exact) mass is 271 g/mol. The van der Waals surface area contributed by atoms with Crippen LogP contribution in [0, 0.1) is 25.2 Å². The van der Waals surface area contributed by atoms with E-state index in [4.69, 9.17) is 5.26 Å². The van der Waals surface area contributed by atoms with E-state index in [1.807, 2.05) is 0 Å². The summed E-state index contributed by atoms with van der Waals surface area (Å²) in [6, 6.07) is 9.25. The molecule has 0 saturated carbocycles. The van der Waals surface area contributed by atoms with E-state index in [-0.39, 0.29) is 6.04 Å². The first-order valence-corrected chi connectivity index (χ1v) is 7.56. The summed E-state index contributed by atoms with van der Waals surface area (Å²) in [5, 5.41) is 9.13. The molecule has 2 rings (SSSR count). The first-order valence-electron chi connectivity index (χ1n) is 7.56. The van der Waals surface area contributed by atoms with Gasteiger partial charge in [0.2, 0.25) is 0 Å². The van der Waals surface area contributed by atoms with E-state index in [0.717, 1.165) is 39.1 Å². The second-order valence-corrected chi connectivity index (χ2v) is 5.78. The van der Waals surface area contributed by atoms with Crippen LogP contribution in [0.15, 0.2) is 18.2 Å². The van der Waals surface area contributed by atoms with Gasteiger partial charge in [0.15, 0.2) is 0 Å². The first-order chi connectivity index (χ1) is 9.63. The highest BCUT2D eigenvalue weighted by atomic mass is 15.3. The zero-order chi connectivity index (χ0) is 14.5. The van der Waals surface area contributed by atoms with Gasteiger partial charge in [-0.3, -0.25) is 9.80 Å². The maximum atomic E-state index is 9.13. The van der Waals surface area contributed by atoms with Crippen LogP contribution < -0.4 is 0 Å². The molecule has 1 fully saturated rings. The Labute approximate surface area is 122 Å². The minimum absolute atomic E-state index is 0.0961. The number of nitrogens with zero attached hydrogens (tertiary/aromatic N) is 3. The molecule has 3 heteroatoms. The third-order valence-electron chi connectivity index (χ3n) is 4.36. The molecule has 0 amide bonds. The van der Waals surface area contributed by atoms with Crippen LogP contribution in [0.25, 0.3) is 0 Å². The van der Waals surface area contributed by atoms with E-state index >= 15 is 0 Å². The van der Waals surface area contributed by atoms with Crippen LogP contribution in [0.3, 0.4) is 0 Å². The third kappa shape index (κ3) is 3.59. The molecule has 1 unspecified atom stereocenters. The summed E-state index contributed by atoms with van der Waals surface area (Å²) in [5.74, 6) is 0. The zero-order valence-electron chi connectivity index (χ0n) is 12.9. The van der Waals surface area contributed by atoms with Crippen LogP contribution in [-0.2, 0) is 6.54 Å². The molecule has 0 N–H and O–H groups in total. The predicted octanol–water partition coefficient (Wildman–Crippen LogP) is 2.72. The minimum atomic E-state index is 0.0961. The molecule has 0 aromatic heterocycles. The lowest BCUT2D eigenvalue weighted by molar-refractivity contribution is 0.108. The Morgan fingerprint density at radius 3 is 2.40 bits per heavy atom. The van der Waals surface area contributed by atoms with Crippen molar-refractivity contribution in [3.8, 4) is 6.07 Å². The molecule has 108 valence electrons. The van der Waals surface area contributed by atoms with Crippen molar-refractivity contribution in [2.24, 2.45) is 0 Å². The topological polar surface area (TPSA) is 30.3 Å². The molecule has 1 aliphatic rings. The van der Waals surface area contributed by atoms with Gasteiger partial charge in [-0.25, -0.2) is 0 Å². The highest BCUT2D eigenvalue weighted by Gasteiger charge is 2.22. The molecule has 0 radical (unpaired) electrons. The molecule has 1 aromatic rings. The smallest absolute Gasteiger partial charge is 0.0976 e. The van der Waals surface area contributed by atoms with Gasteiger partial charge in [-0.15, -0.1) is 0 Å². The number of hydrogen-bond donors (Lipinski definition) is 0. The molecule has 1 saturated heterocycles. The van der Waals surface area contributed by atoms with Crippen molar-refractivity contribution in [1.82, 2.24) is 9.80 Å². The summed E-state index contributed by atoms with van der Waals surface area (Å²) >= 11 is 0. The molecule has 1 aliphatic heterocycles. The summed E-state index contributed by atoms with van der Waals surface area (Å²) in [6.07, 6.45) is 0.924. The number of nitriles is 1. The van der Waals surface area contributed by atoms with Crippen molar-refractivity contribution in [3.05, 3.63) is 34.9 Å². The summed E-state index contributed by atoms with van der Waals surface area (Å²) in [6.45, 7) is 11.6. The van der Waals surface area contributed by atoms with Crippen molar-refractivity contribution in [2.75, 3.05) is 26.2 Å². The molecule has 1 heterocycles. The lowest BCUT2D eigenvalue weighted by atomic mass is 10.1. The minimum Gasteiger partial charge on any atom is -0.297 e. The Balaban J connectivity index is 1.88. The fourth-order valence-corrected chi connectivity index (χ4v) is 2.82.